The van der Waals surface area contributed by atoms with Gasteiger partial charge in [0.15, 0.2) is 0 Å². The number of hydrogen-bond acceptors (Lipinski definition) is 4. The maximum Gasteiger partial charge on any atom is 0.255 e. The monoisotopic (exact) mass is 470 g/mol. The van der Waals surface area contributed by atoms with E-state index >= 15 is 0 Å². The number of fused-ring (bicyclic) bond motifs is 1. The second kappa shape index (κ2) is 10.5. The Labute approximate surface area is 206 Å². The van der Waals surface area contributed by atoms with Crippen LogP contribution < -0.4 is 10.3 Å². The topological polar surface area (TPSA) is 52.3 Å². The highest BCUT2D eigenvalue weighted by Crippen LogP contribution is 2.27. The highest BCUT2D eigenvalue weighted by Gasteiger charge is 2.13. The number of aromatic nitrogens is 3. The van der Waals surface area contributed by atoms with Gasteiger partial charge >= 0.3 is 0 Å². The zero-order chi connectivity index (χ0) is 24.2. The molecule has 0 bridgehead atoms. The van der Waals surface area contributed by atoms with Crippen LogP contribution in [-0.4, -0.2) is 45.5 Å². The number of nitrogens with zero attached hydrogens (tertiary/aromatic N) is 4. The number of hydrogen-bond donors (Lipinski definition) is 0. The van der Waals surface area contributed by atoms with Gasteiger partial charge in [-0.25, -0.2) is 0 Å². The van der Waals surface area contributed by atoms with Gasteiger partial charge < -0.3 is 9.64 Å². The fraction of sp³-hybridized carbons (Fsp3) is 0.379. The van der Waals surface area contributed by atoms with Gasteiger partial charge in [-0.05, 0) is 92.4 Å². The Hall–Kier alpha value is -3.38. The summed E-state index contributed by atoms with van der Waals surface area (Å²) in [6.07, 6.45) is 8.52. The normalized spacial score (nSPS) is 14.1. The van der Waals surface area contributed by atoms with Crippen molar-refractivity contribution in [2.24, 2.45) is 0 Å². The minimum absolute atomic E-state index is 0.0500. The maximum atomic E-state index is 13.1. The quantitative estimate of drug-likeness (QED) is 0.306. The van der Waals surface area contributed by atoms with Crippen molar-refractivity contribution >= 4 is 10.9 Å². The molecule has 0 saturated carbocycles. The third-order valence-corrected chi connectivity index (χ3v) is 6.93. The molecular formula is C29H34N4O2. The van der Waals surface area contributed by atoms with Crippen LogP contribution in [0.25, 0.3) is 27.7 Å². The van der Waals surface area contributed by atoms with Crippen LogP contribution in [0, 0.1) is 6.92 Å². The van der Waals surface area contributed by atoms with Crippen LogP contribution in [0.1, 0.15) is 38.2 Å². The smallest absolute Gasteiger partial charge is 0.255 e. The average Bonchev–Trinajstić information content (AvgIpc) is 3.52. The third kappa shape index (κ3) is 5.17. The summed E-state index contributed by atoms with van der Waals surface area (Å²) in [5.41, 5.74) is 4.97. The molecule has 3 heterocycles. The van der Waals surface area contributed by atoms with Crippen molar-refractivity contribution in [3.63, 3.8) is 0 Å². The van der Waals surface area contributed by atoms with E-state index in [4.69, 9.17) is 4.74 Å². The molecule has 0 amide bonds. The third-order valence-electron chi connectivity index (χ3n) is 6.93. The van der Waals surface area contributed by atoms with Crippen molar-refractivity contribution in [1.29, 1.82) is 0 Å². The van der Waals surface area contributed by atoms with Crippen molar-refractivity contribution in [3.05, 3.63) is 76.8 Å². The summed E-state index contributed by atoms with van der Waals surface area (Å²) < 4.78 is 9.59. The number of unbranched alkanes of at least 4 members (excludes halogenated alkanes) is 1. The predicted molar refractivity (Wildman–Crippen MR) is 142 cm³/mol. The Bertz CT molecular complexity index is 1360. The molecular weight excluding hydrogens is 436 g/mol. The molecule has 0 unspecified atom stereocenters. The van der Waals surface area contributed by atoms with E-state index in [-0.39, 0.29) is 5.56 Å². The lowest BCUT2D eigenvalue weighted by atomic mass is 10.0. The minimum Gasteiger partial charge on any atom is -0.494 e. The molecule has 1 aliphatic rings. The molecule has 6 nitrogen and oxygen atoms in total. The van der Waals surface area contributed by atoms with Crippen LogP contribution in [0.5, 0.6) is 5.75 Å². The lowest BCUT2D eigenvalue weighted by Crippen LogP contribution is -2.24. The first-order chi connectivity index (χ1) is 17.1. The fourth-order valence-corrected chi connectivity index (χ4v) is 4.89. The summed E-state index contributed by atoms with van der Waals surface area (Å²) in [5, 5.41) is 5.65. The molecule has 1 fully saturated rings. The van der Waals surface area contributed by atoms with Gasteiger partial charge in [-0.3, -0.25) is 14.0 Å². The first kappa shape index (κ1) is 23.4. The molecule has 0 radical (unpaired) electrons. The Balaban J connectivity index is 1.34. The van der Waals surface area contributed by atoms with E-state index in [9.17, 15) is 4.79 Å². The molecule has 1 aliphatic heterocycles. The largest absolute Gasteiger partial charge is 0.494 e. The van der Waals surface area contributed by atoms with Gasteiger partial charge in [0.1, 0.15) is 5.75 Å². The van der Waals surface area contributed by atoms with Crippen LogP contribution in [0.2, 0.25) is 0 Å². The molecule has 2 aromatic carbocycles. The second-order valence-electron chi connectivity index (χ2n) is 9.46. The molecule has 4 aromatic rings. The van der Waals surface area contributed by atoms with E-state index in [0.717, 1.165) is 71.6 Å². The number of benzene rings is 2. The SMILES string of the molecule is CCCCOc1ccc(-c2ccn(-c3ccc4c(cnn4CCN4CCCC4)c3)c(=O)c2)c(C)c1. The predicted octanol–water partition coefficient (Wildman–Crippen LogP) is 5.44. The van der Waals surface area contributed by atoms with E-state index in [0.29, 0.717) is 0 Å². The van der Waals surface area contributed by atoms with Gasteiger partial charge in [-0.15, -0.1) is 0 Å². The summed E-state index contributed by atoms with van der Waals surface area (Å²) in [6.45, 7) is 9.25. The molecule has 0 aliphatic carbocycles. The van der Waals surface area contributed by atoms with E-state index < -0.39 is 0 Å². The zero-order valence-electron chi connectivity index (χ0n) is 20.7. The van der Waals surface area contributed by atoms with Crippen molar-refractivity contribution in [2.45, 2.75) is 46.1 Å². The summed E-state index contributed by atoms with van der Waals surface area (Å²) in [4.78, 5) is 15.6. The molecule has 1 saturated heterocycles. The first-order valence-corrected chi connectivity index (χ1v) is 12.8. The van der Waals surface area contributed by atoms with Crippen LogP contribution in [-0.2, 0) is 6.54 Å². The Morgan fingerprint density at radius 1 is 1.00 bits per heavy atom. The second-order valence-corrected chi connectivity index (χ2v) is 9.46. The highest BCUT2D eigenvalue weighted by molar-refractivity contribution is 5.81. The average molecular weight is 471 g/mol. The van der Waals surface area contributed by atoms with Crippen molar-refractivity contribution < 1.29 is 4.74 Å². The minimum atomic E-state index is -0.0500. The fourth-order valence-electron chi connectivity index (χ4n) is 4.89. The molecule has 0 spiro atoms. The molecule has 182 valence electrons. The molecule has 0 N–H and O–H groups in total. The van der Waals surface area contributed by atoms with Crippen LogP contribution in [0.3, 0.4) is 0 Å². The number of ether oxygens (including phenoxy) is 1. The van der Waals surface area contributed by atoms with E-state index in [1.165, 1.54) is 25.9 Å². The Morgan fingerprint density at radius 3 is 2.63 bits per heavy atom. The molecule has 2 aromatic heterocycles. The number of pyridine rings is 1. The molecule has 6 heteroatoms. The molecule has 0 atom stereocenters. The summed E-state index contributed by atoms with van der Waals surface area (Å²) in [5.74, 6) is 0.877. The summed E-state index contributed by atoms with van der Waals surface area (Å²) >= 11 is 0. The lowest BCUT2D eigenvalue weighted by molar-refractivity contribution is 0.309. The Morgan fingerprint density at radius 2 is 1.86 bits per heavy atom. The van der Waals surface area contributed by atoms with Crippen molar-refractivity contribution in [2.75, 3.05) is 26.2 Å². The van der Waals surface area contributed by atoms with E-state index in [2.05, 4.69) is 34.6 Å². The van der Waals surface area contributed by atoms with E-state index in [1.807, 2.05) is 48.8 Å². The molecule has 35 heavy (non-hydrogen) atoms. The van der Waals surface area contributed by atoms with Crippen LogP contribution >= 0.6 is 0 Å². The van der Waals surface area contributed by atoms with Crippen molar-refractivity contribution in [3.8, 4) is 22.6 Å². The standard InChI is InChI=1S/C29H34N4O2/c1-3-4-17-35-26-8-9-27(22(2)18-26)23-11-14-32(29(34)20-23)25-7-10-28-24(19-25)21-30-33(28)16-15-31-12-5-6-13-31/h7-11,14,18-21H,3-6,12-13,15-17H2,1-2H3. The summed E-state index contributed by atoms with van der Waals surface area (Å²) in [6, 6.07) is 15.9. The number of rotatable bonds is 9. The van der Waals surface area contributed by atoms with Crippen LogP contribution in [0.4, 0.5) is 0 Å². The zero-order valence-corrected chi connectivity index (χ0v) is 20.7. The van der Waals surface area contributed by atoms with Gasteiger partial charge in [0, 0.05) is 29.9 Å². The highest BCUT2D eigenvalue weighted by atomic mass is 16.5. The van der Waals surface area contributed by atoms with Crippen molar-refractivity contribution in [1.82, 2.24) is 19.2 Å². The lowest BCUT2D eigenvalue weighted by Gasteiger charge is -2.14. The Kier molecular flexibility index (Phi) is 7.00. The molecule has 5 rings (SSSR count). The number of likely N-dealkylation sites (tertiary alicyclic amines) is 1. The van der Waals surface area contributed by atoms with Gasteiger partial charge in [0.2, 0.25) is 0 Å². The van der Waals surface area contributed by atoms with Crippen LogP contribution in [0.15, 0.2) is 65.7 Å². The van der Waals surface area contributed by atoms with Gasteiger partial charge in [-0.2, -0.15) is 5.10 Å². The first-order valence-electron chi connectivity index (χ1n) is 12.8. The maximum absolute atomic E-state index is 13.1. The van der Waals surface area contributed by atoms with Gasteiger partial charge in [0.05, 0.1) is 24.9 Å². The number of aryl methyl sites for hydroxylation is 1. The van der Waals surface area contributed by atoms with Gasteiger partial charge in [-0.1, -0.05) is 19.4 Å². The van der Waals surface area contributed by atoms with Gasteiger partial charge in [0.25, 0.3) is 5.56 Å². The summed E-state index contributed by atoms with van der Waals surface area (Å²) in [7, 11) is 0. The van der Waals surface area contributed by atoms with E-state index in [1.54, 1.807) is 10.6 Å².